The normalized spacial score (nSPS) is 21.7. The second-order valence-electron chi connectivity index (χ2n) is 5.74. The summed E-state index contributed by atoms with van der Waals surface area (Å²) >= 11 is 0. The minimum atomic E-state index is 0.0867. The molecule has 2 nitrogen and oxygen atoms in total. The van der Waals surface area contributed by atoms with Gasteiger partial charge in [-0.3, -0.25) is 0 Å². The maximum atomic E-state index is 5.83. The van der Waals surface area contributed by atoms with Gasteiger partial charge < -0.3 is 10.1 Å². The van der Waals surface area contributed by atoms with E-state index in [1.165, 1.54) is 11.1 Å². The maximum Gasteiger partial charge on any atom is 0.0906 e. The van der Waals surface area contributed by atoms with Crippen LogP contribution in [0.1, 0.15) is 30.0 Å². The van der Waals surface area contributed by atoms with Gasteiger partial charge in [-0.15, -0.1) is 6.58 Å². The minimum Gasteiger partial charge on any atom is -0.373 e. The van der Waals surface area contributed by atoms with E-state index in [9.17, 15) is 0 Å². The third kappa shape index (κ3) is 3.46. The van der Waals surface area contributed by atoms with Crippen LogP contribution in [0.5, 0.6) is 0 Å². The Bertz CT molecular complexity index is 542. The predicted octanol–water partition coefficient (Wildman–Crippen LogP) is 4.10. The molecule has 2 heteroatoms. The van der Waals surface area contributed by atoms with E-state index in [1.807, 2.05) is 6.08 Å². The molecule has 2 aromatic rings. The molecule has 0 aromatic heterocycles. The standard InChI is InChI=1S/C20H23NO/c1-2-19-18(14-9-15-22-19)21-20(16-10-5-3-6-11-16)17-12-7-4-8-13-17/h2-8,10-13,18-21H,1,9,14-15H2/t18-,19-/m1/s1. The average Bonchev–Trinajstić information content (AvgIpc) is 2.61. The Kier molecular flexibility index (Phi) is 5.04. The van der Waals surface area contributed by atoms with Crippen molar-refractivity contribution in [3.63, 3.8) is 0 Å². The number of ether oxygens (including phenoxy) is 1. The van der Waals surface area contributed by atoms with Crippen molar-refractivity contribution >= 4 is 0 Å². The second-order valence-corrected chi connectivity index (χ2v) is 5.74. The zero-order valence-electron chi connectivity index (χ0n) is 12.8. The lowest BCUT2D eigenvalue weighted by Gasteiger charge is -2.34. The van der Waals surface area contributed by atoms with Crippen molar-refractivity contribution < 1.29 is 4.74 Å². The SMILES string of the molecule is C=C[C@H]1OCCC[C@H]1NC(c1ccccc1)c1ccccc1. The van der Waals surface area contributed by atoms with Crippen LogP contribution < -0.4 is 5.32 Å². The zero-order valence-corrected chi connectivity index (χ0v) is 12.8. The number of hydrogen-bond acceptors (Lipinski definition) is 2. The summed E-state index contributed by atoms with van der Waals surface area (Å²) in [6.07, 6.45) is 4.22. The summed E-state index contributed by atoms with van der Waals surface area (Å²) in [5, 5.41) is 3.79. The van der Waals surface area contributed by atoms with Crippen LogP contribution >= 0.6 is 0 Å². The van der Waals surface area contributed by atoms with E-state index in [0.717, 1.165) is 19.4 Å². The highest BCUT2D eigenvalue weighted by Crippen LogP contribution is 2.25. The van der Waals surface area contributed by atoms with Crippen molar-refractivity contribution in [3.05, 3.63) is 84.4 Å². The third-order valence-corrected chi connectivity index (χ3v) is 4.25. The Morgan fingerprint density at radius 2 is 1.59 bits per heavy atom. The fourth-order valence-corrected chi connectivity index (χ4v) is 3.10. The molecule has 0 amide bonds. The fourth-order valence-electron chi connectivity index (χ4n) is 3.10. The van der Waals surface area contributed by atoms with Gasteiger partial charge in [-0.2, -0.15) is 0 Å². The van der Waals surface area contributed by atoms with E-state index in [4.69, 9.17) is 4.74 Å². The molecular formula is C20H23NO. The molecule has 114 valence electrons. The lowest BCUT2D eigenvalue weighted by molar-refractivity contribution is 0.0186. The smallest absolute Gasteiger partial charge is 0.0906 e. The van der Waals surface area contributed by atoms with Crippen molar-refractivity contribution in [2.24, 2.45) is 0 Å². The molecule has 1 fully saturated rings. The number of benzene rings is 2. The monoisotopic (exact) mass is 293 g/mol. The van der Waals surface area contributed by atoms with Crippen LogP contribution in [0.3, 0.4) is 0 Å². The van der Waals surface area contributed by atoms with E-state index in [-0.39, 0.29) is 12.1 Å². The van der Waals surface area contributed by atoms with Crippen LogP contribution in [0.4, 0.5) is 0 Å². The van der Waals surface area contributed by atoms with Gasteiger partial charge in [0.25, 0.3) is 0 Å². The first-order chi connectivity index (χ1) is 10.9. The highest BCUT2D eigenvalue weighted by Gasteiger charge is 2.26. The summed E-state index contributed by atoms with van der Waals surface area (Å²) in [4.78, 5) is 0. The number of rotatable bonds is 5. The predicted molar refractivity (Wildman–Crippen MR) is 90.8 cm³/mol. The number of hydrogen-bond donors (Lipinski definition) is 1. The quantitative estimate of drug-likeness (QED) is 0.838. The van der Waals surface area contributed by atoms with Gasteiger partial charge in [0.15, 0.2) is 0 Å². The molecular weight excluding hydrogens is 270 g/mol. The molecule has 1 saturated heterocycles. The molecule has 0 bridgehead atoms. The van der Waals surface area contributed by atoms with Crippen LogP contribution in [0.15, 0.2) is 73.3 Å². The van der Waals surface area contributed by atoms with E-state index in [2.05, 4.69) is 72.6 Å². The van der Waals surface area contributed by atoms with Gasteiger partial charge in [0.2, 0.25) is 0 Å². The molecule has 0 unspecified atom stereocenters. The van der Waals surface area contributed by atoms with E-state index >= 15 is 0 Å². The first-order valence-electron chi connectivity index (χ1n) is 7.98. The summed E-state index contributed by atoms with van der Waals surface area (Å²) in [5.74, 6) is 0. The van der Waals surface area contributed by atoms with Gasteiger partial charge in [-0.25, -0.2) is 0 Å². The van der Waals surface area contributed by atoms with Gasteiger partial charge in [0.05, 0.1) is 12.1 Å². The van der Waals surface area contributed by atoms with Crippen LogP contribution in [-0.4, -0.2) is 18.8 Å². The lowest BCUT2D eigenvalue weighted by atomic mass is 9.95. The van der Waals surface area contributed by atoms with Crippen molar-refractivity contribution in [2.75, 3.05) is 6.61 Å². The Balaban J connectivity index is 1.87. The second kappa shape index (κ2) is 7.39. The van der Waals surface area contributed by atoms with Crippen molar-refractivity contribution in [3.8, 4) is 0 Å². The van der Waals surface area contributed by atoms with Crippen LogP contribution in [-0.2, 0) is 4.74 Å². The van der Waals surface area contributed by atoms with Crippen LogP contribution in [0, 0.1) is 0 Å². The topological polar surface area (TPSA) is 21.3 Å². The van der Waals surface area contributed by atoms with Crippen molar-refractivity contribution in [1.29, 1.82) is 0 Å². The van der Waals surface area contributed by atoms with Crippen molar-refractivity contribution in [1.82, 2.24) is 5.32 Å². The Labute approximate surface area is 132 Å². The molecule has 22 heavy (non-hydrogen) atoms. The molecule has 0 radical (unpaired) electrons. The summed E-state index contributed by atoms with van der Waals surface area (Å²) in [5.41, 5.74) is 2.56. The highest BCUT2D eigenvalue weighted by atomic mass is 16.5. The first kappa shape index (κ1) is 15.0. The molecule has 2 atom stereocenters. The Morgan fingerprint density at radius 1 is 1.00 bits per heavy atom. The minimum absolute atomic E-state index is 0.0867. The fraction of sp³-hybridized carbons (Fsp3) is 0.300. The molecule has 1 heterocycles. The summed E-state index contributed by atoms with van der Waals surface area (Å²) < 4.78 is 5.83. The molecule has 0 spiro atoms. The summed E-state index contributed by atoms with van der Waals surface area (Å²) in [7, 11) is 0. The lowest BCUT2D eigenvalue weighted by Crippen LogP contribution is -2.45. The van der Waals surface area contributed by atoms with Crippen LogP contribution in [0.25, 0.3) is 0 Å². The highest BCUT2D eigenvalue weighted by molar-refractivity contribution is 5.31. The van der Waals surface area contributed by atoms with Gasteiger partial charge in [0.1, 0.15) is 0 Å². The average molecular weight is 293 g/mol. The number of nitrogens with one attached hydrogen (secondary N) is 1. The molecule has 1 N–H and O–H groups in total. The summed E-state index contributed by atoms with van der Waals surface area (Å²) in [6.45, 7) is 4.75. The van der Waals surface area contributed by atoms with Crippen molar-refractivity contribution in [2.45, 2.75) is 31.0 Å². The first-order valence-corrected chi connectivity index (χ1v) is 7.98. The van der Waals surface area contributed by atoms with Gasteiger partial charge in [0, 0.05) is 12.6 Å². The molecule has 1 aliphatic rings. The van der Waals surface area contributed by atoms with E-state index in [0.29, 0.717) is 6.04 Å². The molecule has 1 aliphatic heterocycles. The van der Waals surface area contributed by atoms with Crippen LogP contribution in [0.2, 0.25) is 0 Å². The largest absolute Gasteiger partial charge is 0.373 e. The van der Waals surface area contributed by atoms with E-state index < -0.39 is 0 Å². The summed E-state index contributed by atoms with van der Waals surface area (Å²) in [6, 6.07) is 21.7. The molecule has 0 saturated carbocycles. The Hall–Kier alpha value is -1.90. The molecule has 3 rings (SSSR count). The Morgan fingerprint density at radius 3 is 2.14 bits per heavy atom. The van der Waals surface area contributed by atoms with Gasteiger partial charge >= 0.3 is 0 Å². The molecule has 2 aromatic carbocycles. The maximum absolute atomic E-state index is 5.83. The van der Waals surface area contributed by atoms with E-state index in [1.54, 1.807) is 0 Å². The third-order valence-electron chi connectivity index (χ3n) is 4.25. The zero-order chi connectivity index (χ0) is 15.2. The van der Waals surface area contributed by atoms with Gasteiger partial charge in [-0.1, -0.05) is 66.7 Å². The molecule has 0 aliphatic carbocycles. The van der Waals surface area contributed by atoms with Gasteiger partial charge in [-0.05, 0) is 24.0 Å².